The summed E-state index contributed by atoms with van der Waals surface area (Å²) in [7, 11) is 0. The summed E-state index contributed by atoms with van der Waals surface area (Å²) < 4.78 is 5.92. The third-order valence-electron chi connectivity index (χ3n) is 3.25. The Bertz CT molecular complexity index is 273. The molecule has 3 nitrogen and oxygen atoms in total. The summed E-state index contributed by atoms with van der Waals surface area (Å²) in [5.41, 5.74) is 0.495. The summed E-state index contributed by atoms with van der Waals surface area (Å²) in [6.45, 7) is 9.13. The lowest BCUT2D eigenvalue weighted by Crippen LogP contribution is -2.64. The average molecular weight is 208 g/mol. The van der Waals surface area contributed by atoms with Crippen molar-refractivity contribution in [2.45, 2.75) is 45.3 Å². The van der Waals surface area contributed by atoms with E-state index < -0.39 is 0 Å². The molecule has 0 aromatic carbocycles. The van der Waals surface area contributed by atoms with E-state index >= 15 is 0 Å². The van der Waals surface area contributed by atoms with Crippen LogP contribution in [0.25, 0.3) is 0 Å². The molecule has 0 radical (unpaired) electrons. The molecular weight excluding hydrogens is 188 g/mol. The van der Waals surface area contributed by atoms with Crippen LogP contribution in [0.3, 0.4) is 0 Å². The van der Waals surface area contributed by atoms with Crippen LogP contribution in [0.15, 0.2) is 0 Å². The predicted octanol–water partition coefficient (Wildman–Crippen LogP) is 1.79. The zero-order valence-electron chi connectivity index (χ0n) is 9.92. The highest BCUT2D eigenvalue weighted by Crippen LogP contribution is 2.50. The zero-order chi connectivity index (χ0) is 11.1. The van der Waals surface area contributed by atoms with Crippen molar-refractivity contribution >= 4 is 0 Å². The Morgan fingerprint density at radius 3 is 2.47 bits per heavy atom. The minimum absolute atomic E-state index is 0.0115. The van der Waals surface area contributed by atoms with Crippen LogP contribution in [0.1, 0.15) is 33.6 Å². The molecule has 3 heteroatoms. The molecule has 15 heavy (non-hydrogen) atoms. The summed E-state index contributed by atoms with van der Waals surface area (Å²) in [5.74, 6) is 0. The summed E-state index contributed by atoms with van der Waals surface area (Å²) in [5, 5.41) is 8.55. The second-order valence-corrected chi connectivity index (χ2v) is 6.06. The van der Waals surface area contributed by atoms with Gasteiger partial charge in [-0.2, -0.15) is 5.26 Å². The Kier molecular flexibility index (Phi) is 2.52. The number of nitriles is 1. The number of hydrogen-bond acceptors (Lipinski definition) is 3. The normalized spacial score (nSPS) is 25.7. The van der Waals surface area contributed by atoms with E-state index in [1.54, 1.807) is 0 Å². The largest absolute Gasteiger partial charge is 0.373 e. The minimum atomic E-state index is -0.0115. The molecule has 0 aromatic rings. The van der Waals surface area contributed by atoms with E-state index in [2.05, 4.69) is 31.7 Å². The second-order valence-electron chi connectivity index (χ2n) is 6.06. The number of rotatable bonds is 2. The maximum absolute atomic E-state index is 8.55. The number of hydrogen-bond donors (Lipinski definition) is 0. The van der Waals surface area contributed by atoms with Gasteiger partial charge in [0.15, 0.2) is 0 Å². The topological polar surface area (TPSA) is 36.3 Å². The number of likely N-dealkylation sites (tertiary alicyclic amines) is 1. The molecule has 1 saturated carbocycles. The van der Waals surface area contributed by atoms with Crippen LogP contribution in [-0.4, -0.2) is 36.2 Å². The highest BCUT2D eigenvalue weighted by atomic mass is 16.5. The molecule has 2 fully saturated rings. The first kappa shape index (κ1) is 10.9. The van der Waals surface area contributed by atoms with Crippen molar-refractivity contribution in [3.8, 4) is 6.07 Å². The molecule has 2 rings (SSSR count). The van der Waals surface area contributed by atoms with Gasteiger partial charge in [0.1, 0.15) is 0 Å². The summed E-state index contributed by atoms with van der Waals surface area (Å²) in [6.07, 6.45) is 2.83. The van der Waals surface area contributed by atoms with E-state index in [9.17, 15) is 0 Å². The average Bonchev–Trinajstić information content (AvgIpc) is 1.94. The van der Waals surface area contributed by atoms with Crippen molar-refractivity contribution in [3.63, 3.8) is 0 Å². The van der Waals surface area contributed by atoms with Crippen molar-refractivity contribution < 1.29 is 4.74 Å². The van der Waals surface area contributed by atoms with Gasteiger partial charge in [-0.15, -0.1) is 0 Å². The summed E-state index contributed by atoms with van der Waals surface area (Å²) in [4.78, 5) is 2.22. The fraction of sp³-hybridized carbons (Fsp3) is 0.917. The van der Waals surface area contributed by atoms with E-state index in [0.717, 1.165) is 13.1 Å². The third kappa shape index (κ3) is 2.32. The van der Waals surface area contributed by atoms with Crippen molar-refractivity contribution in [2.75, 3.05) is 19.6 Å². The van der Waals surface area contributed by atoms with E-state index in [0.29, 0.717) is 18.1 Å². The van der Waals surface area contributed by atoms with Gasteiger partial charge in [0.2, 0.25) is 0 Å². The Hall–Kier alpha value is -0.590. The van der Waals surface area contributed by atoms with Crippen LogP contribution in [0, 0.1) is 16.7 Å². The first-order valence-corrected chi connectivity index (χ1v) is 5.70. The standard InChI is InChI=1S/C12H20N2O/c1-11(2,3)15-10-6-12(7-10)8-14(9-12)5-4-13/h10H,5-9H2,1-3H3. The van der Waals surface area contributed by atoms with Crippen LogP contribution in [0.2, 0.25) is 0 Å². The molecule has 0 unspecified atom stereocenters. The van der Waals surface area contributed by atoms with Crippen LogP contribution < -0.4 is 0 Å². The first-order valence-electron chi connectivity index (χ1n) is 5.70. The number of nitrogens with zero attached hydrogens (tertiary/aromatic N) is 2. The minimum Gasteiger partial charge on any atom is -0.373 e. The molecule has 1 aliphatic heterocycles. The van der Waals surface area contributed by atoms with E-state index in [-0.39, 0.29) is 5.60 Å². The highest BCUT2D eigenvalue weighted by Gasteiger charge is 2.53. The van der Waals surface area contributed by atoms with Gasteiger partial charge in [-0.05, 0) is 33.6 Å². The Morgan fingerprint density at radius 2 is 2.00 bits per heavy atom. The molecular formula is C12H20N2O. The molecule has 84 valence electrons. The zero-order valence-corrected chi connectivity index (χ0v) is 9.92. The maximum atomic E-state index is 8.55. The molecule has 0 amide bonds. The Balaban J connectivity index is 1.70. The Morgan fingerprint density at radius 1 is 1.40 bits per heavy atom. The smallest absolute Gasteiger partial charge is 0.0866 e. The molecule has 1 aliphatic carbocycles. The second kappa shape index (κ2) is 3.47. The van der Waals surface area contributed by atoms with Gasteiger partial charge < -0.3 is 4.74 Å². The van der Waals surface area contributed by atoms with Crippen LogP contribution in [0.5, 0.6) is 0 Å². The van der Waals surface area contributed by atoms with Crippen molar-refractivity contribution in [1.29, 1.82) is 5.26 Å². The van der Waals surface area contributed by atoms with Crippen molar-refractivity contribution in [2.24, 2.45) is 5.41 Å². The van der Waals surface area contributed by atoms with Gasteiger partial charge in [-0.3, -0.25) is 4.90 Å². The first-order chi connectivity index (χ1) is 6.92. The predicted molar refractivity (Wildman–Crippen MR) is 58.3 cm³/mol. The van der Waals surface area contributed by atoms with Gasteiger partial charge in [-0.1, -0.05) is 0 Å². The van der Waals surface area contributed by atoms with E-state index in [1.165, 1.54) is 12.8 Å². The fourth-order valence-electron chi connectivity index (χ4n) is 2.86. The lowest BCUT2D eigenvalue weighted by molar-refractivity contribution is -0.183. The highest BCUT2D eigenvalue weighted by molar-refractivity contribution is 5.06. The molecule has 1 heterocycles. The molecule has 0 atom stereocenters. The lowest BCUT2D eigenvalue weighted by atomic mass is 9.61. The number of ether oxygens (including phenoxy) is 1. The van der Waals surface area contributed by atoms with Gasteiger partial charge >= 0.3 is 0 Å². The molecule has 1 saturated heterocycles. The van der Waals surface area contributed by atoms with Crippen LogP contribution in [0.4, 0.5) is 0 Å². The molecule has 0 aromatic heterocycles. The van der Waals surface area contributed by atoms with E-state index in [1.807, 2.05) is 0 Å². The fourth-order valence-corrected chi connectivity index (χ4v) is 2.86. The summed E-state index contributed by atoms with van der Waals surface area (Å²) in [6, 6.07) is 2.20. The van der Waals surface area contributed by atoms with Gasteiger partial charge in [0.05, 0.1) is 24.3 Å². The van der Waals surface area contributed by atoms with Crippen LogP contribution in [-0.2, 0) is 4.74 Å². The monoisotopic (exact) mass is 208 g/mol. The lowest BCUT2D eigenvalue weighted by Gasteiger charge is -2.59. The Labute approximate surface area is 92.0 Å². The molecule has 1 spiro atoms. The van der Waals surface area contributed by atoms with Crippen molar-refractivity contribution in [3.05, 3.63) is 0 Å². The van der Waals surface area contributed by atoms with Crippen LogP contribution >= 0.6 is 0 Å². The molecule has 0 N–H and O–H groups in total. The quantitative estimate of drug-likeness (QED) is 0.649. The summed E-state index contributed by atoms with van der Waals surface area (Å²) >= 11 is 0. The van der Waals surface area contributed by atoms with Gasteiger partial charge in [0, 0.05) is 18.5 Å². The van der Waals surface area contributed by atoms with Gasteiger partial charge in [0.25, 0.3) is 0 Å². The molecule has 2 aliphatic rings. The SMILES string of the molecule is CC(C)(C)OC1CC2(C1)CN(CC#N)C2. The molecule has 0 bridgehead atoms. The van der Waals surface area contributed by atoms with E-state index in [4.69, 9.17) is 10.00 Å². The maximum Gasteiger partial charge on any atom is 0.0866 e. The third-order valence-corrected chi connectivity index (χ3v) is 3.25. The van der Waals surface area contributed by atoms with Gasteiger partial charge in [-0.25, -0.2) is 0 Å². The van der Waals surface area contributed by atoms with Crippen molar-refractivity contribution in [1.82, 2.24) is 4.90 Å².